The van der Waals surface area contributed by atoms with Gasteiger partial charge in [-0.15, -0.1) is 35.3 Å². The molecule has 8 heteroatoms. The highest BCUT2D eigenvalue weighted by molar-refractivity contribution is 14.0. The topological polar surface area (TPSA) is 67.1 Å². The van der Waals surface area contributed by atoms with E-state index in [1.807, 2.05) is 16.9 Å². The van der Waals surface area contributed by atoms with Crippen molar-refractivity contribution >= 4 is 41.3 Å². The molecule has 0 bridgehead atoms. The lowest BCUT2D eigenvalue weighted by Crippen LogP contribution is -2.38. The lowest BCUT2D eigenvalue weighted by atomic mass is 10.1. The molecule has 156 valence electrons. The van der Waals surface area contributed by atoms with Gasteiger partial charge < -0.3 is 10.6 Å². The van der Waals surface area contributed by atoms with Gasteiger partial charge in [-0.1, -0.05) is 12.1 Å². The molecule has 0 aliphatic rings. The zero-order valence-electron chi connectivity index (χ0n) is 17.2. The average molecular weight is 524 g/mol. The first kappa shape index (κ1) is 23.3. The van der Waals surface area contributed by atoms with E-state index in [1.54, 1.807) is 17.5 Å². The number of benzene rings is 1. The zero-order chi connectivity index (χ0) is 19.8. The Kier molecular flexibility index (Phi) is 9.59. The van der Waals surface area contributed by atoms with Gasteiger partial charge in [0.2, 0.25) is 0 Å². The van der Waals surface area contributed by atoms with E-state index >= 15 is 0 Å². The van der Waals surface area contributed by atoms with E-state index in [-0.39, 0.29) is 24.0 Å². The van der Waals surface area contributed by atoms with Crippen LogP contribution in [0.5, 0.6) is 0 Å². The third kappa shape index (κ3) is 7.11. The fraction of sp³-hybridized carbons (Fsp3) is 0.381. The molecule has 6 nitrogen and oxygen atoms in total. The summed E-state index contributed by atoms with van der Waals surface area (Å²) in [5, 5.41) is 12.1. The van der Waals surface area contributed by atoms with E-state index < -0.39 is 0 Å². The first-order valence-corrected chi connectivity index (χ1v) is 10.5. The predicted octanol–water partition coefficient (Wildman–Crippen LogP) is 3.90. The summed E-state index contributed by atoms with van der Waals surface area (Å²) in [5.41, 5.74) is 3.49. The Labute approximate surface area is 193 Å². The maximum absolute atomic E-state index is 4.68. The van der Waals surface area contributed by atoms with Gasteiger partial charge in [-0.05, 0) is 51.0 Å². The molecule has 0 radical (unpaired) electrons. The summed E-state index contributed by atoms with van der Waals surface area (Å²) in [4.78, 5) is 10.6. The fourth-order valence-electron chi connectivity index (χ4n) is 2.81. The number of nitrogens with one attached hydrogen (secondary N) is 2. The van der Waals surface area contributed by atoms with Crippen LogP contribution in [-0.4, -0.2) is 40.4 Å². The lowest BCUT2D eigenvalue weighted by Gasteiger charge is -2.11. The Bertz CT molecular complexity index is 867. The van der Waals surface area contributed by atoms with E-state index in [4.69, 9.17) is 0 Å². The summed E-state index contributed by atoms with van der Waals surface area (Å²) in [6.45, 7) is 8.68. The Hall–Kier alpha value is -1.94. The van der Waals surface area contributed by atoms with Crippen molar-refractivity contribution in [3.8, 4) is 5.69 Å². The summed E-state index contributed by atoms with van der Waals surface area (Å²) in [6, 6.07) is 10.4. The van der Waals surface area contributed by atoms with Crippen molar-refractivity contribution in [2.45, 2.75) is 33.6 Å². The third-order valence-corrected chi connectivity index (χ3v) is 5.56. The fourth-order valence-corrected chi connectivity index (χ4v) is 3.74. The van der Waals surface area contributed by atoms with E-state index in [9.17, 15) is 0 Å². The van der Waals surface area contributed by atoms with Crippen LogP contribution in [0.1, 0.15) is 28.1 Å². The first-order chi connectivity index (χ1) is 13.7. The summed E-state index contributed by atoms with van der Waals surface area (Å²) in [5.74, 6) is 0.862. The van der Waals surface area contributed by atoms with E-state index in [1.165, 1.54) is 10.4 Å². The number of thiazole rings is 1. The van der Waals surface area contributed by atoms with E-state index in [0.717, 1.165) is 54.8 Å². The van der Waals surface area contributed by atoms with Gasteiger partial charge in [0.05, 0.1) is 16.4 Å². The standard InChI is InChI=1S/C21H28N6S.HI/c1-4-22-21(24-14-11-20-26-16(2)17(3)28-20)23-13-10-18-6-8-19(9-7-18)27-15-5-12-25-27;/h5-9,12,15H,4,10-11,13-14H2,1-3H3,(H2,22,23,24);1H. The van der Waals surface area contributed by atoms with Gasteiger partial charge in [0.25, 0.3) is 0 Å². The highest BCUT2D eigenvalue weighted by Gasteiger charge is 2.04. The van der Waals surface area contributed by atoms with E-state index in [2.05, 4.69) is 70.7 Å². The van der Waals surface area contributed by atoms with Gasteiger partial charge in [-0.2, -0.15) is 5.10 Å². The highest BCUT2D eigenvalue weighted by atomic mass is 127. The number of aliphatic imine (C=N–C) groups is 1. The minimum absolute atomic E-state index is 0. The lowest BCUT2D eigenvalue weighted by molar-refractivity contribution is 0.795. The Morgan fingerprint density at radius 3 is 2.55 bits per heavy atom. The van der Waals surface area contributed by atoms with Crippen LogP contribution in [0.3, 0.4) is 0 Å². The molecule has 0 saturated carbocycles. The molecule has 1 aromatic carbocycles. The molecule has 2 N–H and O–H groups in total. The number of hydrogen-bond donors (Lipinski definition) is 2. The van der Waals surface area contributed by atoms with Crippen LogP contribution in [0.4, 0.5) is 0 Å². The van der Waals surface area contributed by atoms with Gasteiger partial charge in [-0.25, -0.2) is 9.67 Å². The van der Waals surface area contributed by atoms with Crippen LogP contribution in [0.25, 0.3) is 5.69 Å². The van der Waals surface area contributed by atoms with Gasteiger partial charge in [0.1, 0.15) is 0 Å². The van der Waals surface area contributed by atoms with Gasteiger partial charge in [0.15, 0.2) is 5.96 Å². The number of nitrogens with zero attached hydrogens (tertiary/aromatic N) is 4. The summed E-state index contributed by atoms with van der Waals surface area (Å²) in [6.07, 6.45) is 5.56. The van der Waals surface area contributed by atoms with Crippen molar-refractivity contribution in [1.29, 1.82) is 0 Å². The Morgan fingerprint density at radius 1 is 1.14 bits per heavy atom. The molecule has 0 atom stereocenters. The molecule has 3 aromatic rings. The second kappa shape index (κ2) is 11.9. The van der Waals surface area contributed by atoms with Crippen molar-refractivity contribution in [2.75, 3.05) is 19.6 Å². The minimum Gasteiger partial charge on any atom is -0.357 e. The number of rotatable bonds is 8. The molecule has 3 rings (SSSR count). The molecule has 0 saturated heterocycles. The van der Waals surface area contributed by atoms with Crippen molar-refractivity contribution < 1.29 is 0 Å². The van der Waals surface area contributed by atoms with Crippen LogP contribution < -0.4 is 10.6 Å². The molecule has 2 heterocycles. The van der Waals surface area contributed by atoms with Crippen molar-refractivity contribution in [3.05, 3.63) is 63.9 Å². The maximum atomic E-state index is 4.68. The second-order valence-electron chi connectivity index (χ2n) is 6.55. The molecule has 2 aromatic heterocycles. The molecular formula is C21H29IN6S. The second-order valence-corrected chi connectivity index (χ2v) is 7.84. The molecule has 0 aliphatic carbocycles. The first-order valence-electron chi connectivity index (χ1n) is 9.69. The highest BCUT2D eigenvalue weighted by Crippen LogP contribution is 2.16. The number of halogens is 1. The normalized spacial score (nSPS) is 11.2. The number of hydrogen-bond acceptors (Lipinski definition) is 4. The van der Waals surface area contributed by atoms with Crippen LogP contribution in [0.15, 0.2) is 47.7 Å². The number of aromatic nitrogens is 3. The van der Waals surface area contributed by atoms with Crippen LogP contribution >= 0.6 is 35.3 Å². The molecule has 29 heavy (non-hydrogen) atoms. The molecule has 0 fully saturated rings. The Morgan fingerprint density at radius 2 is 1.93 bits per heavy atom. The Balaban J connectivity index is 0.00000300. The van der Waals surface area contributed by atoms with Crippen LogP contribution in [0.2, 0.25) is 0 Å². The van der Waals surface area contributed by atoms with Gasteiger partial charge in [0, 0.05) is 43.3 Å². The quantitative estimate of drug-likeness (QED) is 0.267. The molecular weight excluding hydrogens is 495 g/mol. The van der Waals surface area contributed by atoms with Crippen LogP contribution in [-0.2, 0) is 12.8 Å². The average Bonchev–Trinajstić information content (AvgIpc) is 3.33. The summed E-state index contributed by atoms with van der Waals surface area (Å²) < 4.78 is 1.86. The SMILES string of the molecule is CCNC(=NCCc1nc(C)c(C)s1)NCCc1ccc(-n2cccn2)cc1.I. The number of aryl methyl sites for hydroxylation is 2. The predicted molar refractivity (Wildman–Crippen MR) is 132 cm³/mol. The molecule has 0 unspecified atom stereocenters. The maximum Gasteiger partial charge on any atom is 0.191 e. The summed E-state index contributed by atoms with van der Waals surface area (Å²) >= 11 is 1.77. The van der Waals surface area contributed by atoms with Crippen LogP contribution in [0, 0.1) is 13.8 Å². The largest absolute Gasteiger partial charge is 0.357 e. The van der Waals surface area contributed by atoms with Crippen molar-refractivity contribution in [2.24, 2.45) is 4.99 Å². The zero-order valence-corrected chi connectivity index (χ0v) is 20.3. The monoisotopic (exact) mass is 524 g/mol. The van der Waals surface area contributed by atoms with Crippen molar-refractivity contribution in [1.82, 2.24) is 25.4 Å². The van der Waals surface area contributed by atoms with Gasteiger partial charge in [-0.3, -0.25) is 4.99 Å². The van der Waals surface area contributed by atoms with Crippen molar-refractivity contribution in [3.63, 3.8) is 0 Å². The van der Waals surface area contributed by atoms with Gasteiger partial charge >= 0.3 is 0 Å². The number of guanidine groups is 1. The minimum atomic E-state index is 0. The third-order valence-electron chi connectivity index (χ3n) is 4.42. The molecule has 0 aliphatic heterocycles. The smallest absolute Gasteiger partial charge is 0.191 e. The van der Waals surface area contributed by atoms with E-state index in [0.29, 0.717) is 0 Å². The summed E-state index contributed by atoms with van der Waals surface area (Å²) in [7, 11) is 0. The molecule has 0 amide bonds. The molecule has 0 spiro atoms.